The number of hydrogen-bond donors (Lipinski definition) is 3. The Bertz CT molecular complexity index is 720. The molecule has 0 unspecified atom stereocenters. The summed E-state index contributed by atoms with van der Waals surface area (Å²) in [6.45, 7) is 3.10. The molecule has 0 atom stereocenters. The molecule has 136 valence electrons. The van der Waals surface area contributed by atoms with E-state index in [0.29, 0.717) is 24.8 Å². The molecule has 25 heavy (non-hydrogen) atoms. The van der Waals surface area contributed by atoms with E-state index in [1.807, 2.05) is 31.3 Å². The van der Waals surface area contributed by atoms with E-state index >= 15 is 0 Å². The van der Waals surface area contributed by atoms with E-state index in [1.165, 1.54) is 4.88 Å². The summed E-state index contributed by atoms with van der Waals surface area (Å²) in [5, 5.41) is 7.45. The first-order valence-corrected chi connectivity index (χ1v) is 8.24. The van der Waals surface area contributed by atoms with Gasteiger partial charge in [-0.2, -0.15) is 0 Å². The van der Waals surface area contributed by atoms with E-state index in [2.05, 4.69) is 20.6 Å². The van der Waals surface area contributed by atoms with Crippen LogP contribution in [0.4, 0.5) is 0 Å². The number of aliphatic imine (C=N–C) groups is 1. The predicted octanol–water partition coefficient (Wildman–Crippen LogP) is 1.80. The van der Waals surface area contributed by atoms with Crippen LogP contribution >= 0.6 is 35.3 Å². The molecular weight excluding hydrogens is 453 g/mol. The lowest BCUT2D eigenvalue weighted by molar-refractivity contribution is -0.119. The van der Waals surface area contributed by atoms with Gasteiger partial charge in [-0.25, -0.2) is 4.98 Å². The third-order valence-corrected chi connectivity index (χ3v) is 3.95. The number of ether oxygens (including phenoxy) is 1. The number of benzene rings is 1. The number of amides is 1. The minimum Gasteiger partial charge on any atom is -0.484 e. The van der Waals surface area contributed by atoms with Gasteiger partial charge in [0.2, 0.25) is 0 Å². The van der Waals surface area contributed by atoms with Crippen LogP contribution in [0, 0.1) is 6.92 Å². The number of nitrogens with zero attached hydrogens (tertiary/aromatic N) is 2. The maximum absolute atomic E-state index is 10.8. The van der Waals surface area contributed by atoms with Crippen LogP contribution in [0.25, 0.3) is 0 Å². The molecule has 1 amide bonds. The van der Waals surface area contributed by atoms with Gasteiger partial charge in [0.25, 0.3) is 5.91 Å². The van der Waals surface area contributed by atoms with Gasteiger partial charge in [0.05, 0.1) is 6.54 Å². The number of thiazole rings is 1. The SMILES string of the molecule is CN=C(NCc1cccc(OCC(N)=O)c1)NCc1ncc(C)s1.I. The maximum atomic E-state index is 10.8. The number of nitrogens with one attached hydrogen (secondary N) is 2. The van der Waals surface area contributed by atoms with Crippen LogP contribution in [-0.2, 0) is 17.9 Å². The quantitative estimate of drug-likeness (QED) is 0.322. The standard InChI is InChI=1S/C16H21N5O2S.HI/c1-11-7-19-15(24-11)9-21-16(18-2)20-8-12-4-3-5-13(6-12)23-10-14(17)22;/h3-7H,8-10H2,1-2H3,(H2,17,22)(H2,18,20,21);1H. The van der Waals surface area contributed by atoms with E-state index in [0.717, 1.165) is 10.6 Å². The molecule has 9 heteroatoms. The van der Waals surface area contributed by atoms with E-state index in [4.69, 9.17) is 10.5 Å². The molecular formula is C16H22IN5O2S. The van der Waals surface area contributed by atoms with E-state index in [1.54, 1.807) is 24.5 Å². The Hall–Kier alpha value is -1.88. The summed E-state index contributed by atoms with van der Waals surface area (Å²) in [4.78, 5) is 20.4. The lowest BCUT2D eigenvalue weighted by Gasteiger charge is -2.12. The van der Waals surface area contributed by atoms with Crippen LogP contribution in [0.5, 0.6) is 5.75 Å². The lowest BCUT2D eigenvalue weighted by atomic mass is 10.2. The molecule has 0 saturated carbocycles. The number of aryl methyl sites for hydroxylation is 1. The third kappa shape index (κ3) is 7.69. The minimum atomic E-state index is -0.499. The maximum Gasteiger partial charge on any atom is 0.255 e. The van der Waals surface area contributed by atoms with Crippen molar-refractivity contribution in [3.05, 3.63) is 45.9 Å². The number of carbonyl (C=O) groups excluding carboxylic acids is 1. The second kappa shape index (κ2) is 10.9. The summed E-state index contributed by atoms with van der Waals surface area (Å²) in [6, 6.07) is 7.46. The normalized spacial score (nSPS) is 10.7. The van der Waals surface area contributed by atoms with Crippen LogP contribution in [0.3, 0.4) is 0 Å². The van der Waals surface area contributed by atoms with Crippen LogP contribution in [0.2, 0.25) is 0 Å². The molecule has 1 aromatic carbocycles. The second-order valence-electron chi connectivity index (χ2n) is 5.05. The van der Waals surface area contributed by atoms with Crippen molar-refractivity contribution in [1.29, 1.82) is 0 Å². The van der Waals surface area contributed by atoms with Crippen molar-refractivity contribution in [2.75, 3.05) is 13.7 Å². The zero-order valence-electron chi connectivity index (χ0n) is 14.1. The van der Waals surface area contributed by atoms with Crippen molar-refractivity contribution in [1.82, 2.24) is 15.6 Å². The Kier molecular flexibility index (Phi) is 9.21. The number of hydrogen-bond acceptors (Lipinski definition) is 5. The summed E-state index contributed by atoms with van der Waals surface area (Å²) in [7, 11) is 1.72. The summed E-state index contributed by atoms with van der Waals surface area (Å²) in [6.07, 6.45) is 1.86. The highest BCUT2D eigenvalue weighted by molar-refractivity contribution is 14.0. The van der Waals surface area contributed by atoms with Crippen LogP contribution in [0.1, 0.15) is 15.4 Å². The molecule has 7 nitrogen and oxygen atoms in total. The average Bonchev–Trinajstić information content (AvgIpc) is 2.99. The minimum absolute atomic E-state index is 0. The summed E-state index contributed by atoms with van der Waals surface area (Å²) < 4.78 is 5.29. The smallest absolute Gasteiger partial charge is 0.255 e. The highest BCUT2D eigenvalue weighted by atomic mass is 127. The largest absolute Gasteiger partial charge is 0.484 e. The molecule has 0 spiro atoms. The molecule has 1 aromatic heterocycles. The zero-order valence-corrected chi connectivity index (χ0v) is 17.3. The summed E-state index contributed by atoms with van der Waals surface area (Å²) in [5.74, 6) is 0.793. The molecule has 0 saturated heterocycles. The average molecular weight is 475 g/mol. The lowest BCUT2D eigenvalue weighted by Crippen LogP contribution is -2.36. The fourth-order valence-electron chi connectivity index (χ4n) is 1.95. The predicted molar refractivity (Wildman–Crippen MR) is 110 cm³/mol. The van der Waals surface area contributed by atoms with Gasteiger partial charge in [-0.15, -0.1) is 35.3 Å². The number of nitrogens with two attached hydrogens (primary N) is 1. The van der Waals surface area contributed by atoms with Crippen LogP contribution in [-0.4, -0.2) is 30.5 Å². The number of halogens is 1. The number of aromatic nitrogens is 1. The zero-order chi connectivity index (χ0) is 17.4. The molecule has 0 bridgehead atoms. The Morgan fingerprint density at radius 1 is 1.36 bits per heavy atom. The third-order valence-electron chi connectivity index (χ3n) is 3.04. The van der Waals surface area contributed by atoms with Crippen molar-refractivity contribution < 1.29 is 9.53 Å². The Labute approximate surface area is 168 Å². The fraction of sp³-hybridized carbons (Fsp3) is 0.312. The van der Waals surface area contributed by atoms with Gasteiger partial charge in [-0.05, 0) is 24.6 Å². The summed E-state index contributed by atoms with van der Waals surface area (Å²) in [5.41, 5.74) is 6.08. The van der Waals surface area contributed by atoms with Crippen LogP contribution < -0.4 is 21.1 Å². The topological polar surface area (TPSA) is 102 Å². The Morgan fingerprint density at radius 2 is 2.12 bits per heavy atom. The van der Waals surface area contributed by atoms with Gasteiger partial charge >= 0.3 is 0 Å². The second-order valence-corrected chi connectivity index (χ2v) is 6.37. The van der Waals surface area contributed by atoms with Gasteiger partial charge in [0.1, 0.15) is 10.8 Å². The van der Waals surface area contributed by atoms with Crippen molar-refractivity contribution >= 4 is 47.2 Å². The molecule has 0 radical (unpaired) electrons. The molecule has 0 aliphatic rings. The number of guanidine groups is 1. The molecule has 4 N–H and O–H groups in total. The molecule has 1 heterocycles. The Morgan fingerprint density at radius 3 is 2.76 bits per heavy atom. The molecule has 2 aromatic rings. The highest BCUT2D eigenvalue weighted by Gasteiger charge is 2.03. The van der Waals surface area contributed by atoms with E-state index in [9.17, 15) is 4.79 Å². The van der Waals surface area contributed by atoms with E-state index in [-0.39, 0.29) is 30.6 Å². The van der Waals surface area contributed by atoms with Gasteiger partial charge in [-0.1, -0.05) is 12.1 Å². The first-order chi connectivity index (χ1) is 11.6. The van der Waals surface area contributed by atoms with E-state index < -0.39 is 5.91 Å². The Balaban J connectivity index is 0.00000312. The number of carbonyl (C=O) groups is 1. The first-order valence-electron chi connectivity index (χ1n) is 7.42. The van der Waals surface area contributed by atoms with Gasteiger partial charge in [0, 0.05) is 24.7 Å². The first kappa shape index (κ1) is 21.2. The van der Waals surface area contributed by atoms with Gasteiger partial charge < -0.3 is 21.1 Å². The van der Waals surface area contributed by atoms with Crippen molar-refractivity contribution in [2.45, 2.75) is 20.0 Å². The summed E-state index contributed by atoms with van der Waals surface area (Å²) >= 11 is 1.65. The molecule has 2 rings (SSSR count). The molecule has 0 aliphatic carbocycles. The number of rotatable bonds is 7. The van der Waals surface area contributed by atoms with Gasteiger partial charge in [-0.3, -0.25) is 9.79 Å². The highest BCUT2D eigenvalue weighted by Crippen LogP contribution is 2.13. The van der Waals surface area contributed by atoms with Crippen molar-refractivity contribution in [3.8, 4) is 5.75 Å². The van der Waals surface area contributed by atoms with Crippen LogP contribution in [0.15, 0.2) is 35.5 Å². The van der Waals surface area contributed by atoms with Crippen molar-refractivity contribution in [2.24, 2.45) is 10.7 Å². The fourth-order valence-corrected chi connectivity index (χ4v) is 2.68. The molecule has 0 fully saturated rings. The van der Waals surface area contributed by atoms with Crippen molar-refractivity contribution in [3.63, 3.8) is 0 Å². The number of primary amides is 1. The molecule has 0 aliphatic heterocycles. The monoisotopic (exact) mass is 475 g/mol. The van der Waals surface area contributed by atoms with Gasteiger partial charge in [0.15, 0.2) is 12.6 Å².